The number of nitrogens with zero attached hydrogens (tertiary/aromatic N) is 1. The van der Waals surface area contributed by atoms with Crippen LogP contribution in [0.1, 0.15) is 20.3 Å². The molecule has 1 rings (SSSR count). The average molecular weight is 200 g/mol. The summed E-state index contributed by atoms with van der Waals surface area (Å²) in [4.78, 5) is 2.35. The lowest BCUT2D eigenvalue weighted by atomic mass is 9.98. The van der Waals surface area contributed by atoms with Crippen molar-refractivity contribution in [3.8, 4) is 0 Å². The molecule has 0 aromatic rings. The third-order valence-corrected chi connectivity index (χ3v) is 2.84. The van der Waals surface area contributed by atoms with Crippen LogP contribution in [0.4, 0.5) is 0 Å². The van der Waals surface area contributed by atoms with E-state index in [1.165, 1.54) is 6.42 Å². The van der Waals surface area contributed by atoms with E-state index in [0.29, 0.717) is 12.1 Å². The van der Waals surface area contributed by atoms with Crippen molar-refractivity contribution in [3.05, 3.63) is 0 Å². The first-order chi connectivity index (χ1) is 6.63. The molecule has 0 amide bonds. The van der Waals surface area contributed by atoms with Crippen molar-refractivity contribution < 1.29 is 4.74 Å². The fourth-order valence-electron chi connectivity index (χ4n) is 2.02. The molecule has 0 aromatic heterocycles. The molecule has 0 aromatic carbocycles. The van der Waals surface area contributed by atoms with Gasteiger partial charge in [-0.15, -0.1) is 0 Å². The Kier molecular flexibility index (Phi) is 4.85. The lowest BCUT2D eigenvalue weighted by Crippen LogP contribution is -2.50. The van der Waals surface area contributed by atoms with Gasteiger partial charge in [0.25, 0.3) is 0 Å². The standard InChI is InChI=1S/C11H24N2O/c1-9(2)7-10(12-3)11-8-13(4)5-6-14-11/h9-12H,5-8H2,1-4H3. The van der Waals surface area contributed by atoms with Gasteiger partial charge in [0.1, 0.15) is 0 Å². The molecule has 1 N–H and O–H groups in total. The predicted octanol–water partition coefficient (Wildman–Crippen LogP) is 0.951. The van der Waals surface area contributed by atoms with Crippen LogP contribution in [0.2, 0.25) is 0 Å². The Balaban J connectivity index is 2.42. The fraction of sp³-hybridized carbons (Fsp3) is 1.00. The summed E-state index contributed by atoms with van der Waals surface area (Å²) in [7, 11) is 4.20. The minimum Gasteiger partial charge on any atom is -0.374 e. The zero-order valence-corrected chi connectivity index (χ0v) is 9.92. The predicted molar refractivity (Wildman–Crippen MR) is 59.5 cm³/mol. The molecule has 1 aliphatic rings. The van der Waals surface area contributed by atoms with E-state index in [0.717, 1.165) is 25.6 Å². The van der Waals surface area contributed by atoms with E-state index < -0.39 is 0 Å². The molecule has 0 saturated carbocycles. The van der Waals surface area contributed by atoms with Crippen LogP contribution in [-0.4, -0.2) is 50.8 Å². The summed E-state index contributed by atoms with van der Waals surface area (Å²) in [5, 5.41) is 3.37. The number of morpholine rings is 1. The summed E-state index contributed by atoms with van der Waals surface area (Å²) in [6.45, 7) is 7.51. The van der Waals surface area contributed by atoms with Gasteiger partial charge in [0, 0.05) is 19.1 Å². The van der Waals surface area contributed by atoms with Crippen LogP contribution in [0, 0.1) is 5.92 Å². The lowest BCUT2D eigenvalue weighted by molar-refractivity contribution is -0.0405. The zero-order chi connectivity index (χ0) is 10.6. The van der Waals surface area contributed by atoms with Crippen LogP contribution in [0.15, 0.2) is 0 Å². The molecule has 0 aliphatic carbocycles. The van der Waals surface area contributed by atoms with E-state index in [2.05, 4.69) is 31.1 Å². The van der Waals surface area contributed by atoms with Gasteiger partial charge < -0.3 is 15.0 Å². The second-order valence-corrected chi connectivity index (χ2v) is 4.70. The second-order valence-electron chi connectivity index (χ2n) is 4.70. The lowest BCUT2D eigenvalue weighted by Gasteiger charge is -2.35. The van der Waals surface area contributed by atoms with Crippen LogP contribution in [0.5, 0.6) is 0 Å². The molecule has 14 heavy (non-hydrogen) atoms. The molecule has 1 fully saturated rings. The van der Waals surface area contributed by atoms with Gasteiger partial charge in [-0.25, -0.2) is 0 Å². The zero-order valence-electron chi connectivity index (χ0n) is 9.92. The van der Waals surface area contributed by atoms with Crippen molar-refractivity contribution in [3.63, 3.8) is 0 Å². The molecular weight excluding hydrogens is 176 g/mol. The number of likely N-dealkylation sites (N-methyl/N-ethyl adjacent to an activating group) is 2. The molecule has 0 spiro atoms. The highest BCUT2D eigenvalue weighted by molar-refractivity contribution is 4.81. The van der Waals surface area contributed by atoms with Gasteiger partial charge in [0.2, 0.25) is 0 Å². The maximum absolute atomic E-state index is 5.80. The Morgan fingerprint density at radius 3 is 2.71 bits per heavy atom. The van der Waals surface area contributed by atoms with Gasteiger partial charge in [0.05, 0.1) is 12.7 Å². The molecule has 2 unspecified atom stereocenters. The number of hydrogen-bond donors (Lipinski definition) is 1. The molecule has 0 bridgehead atoms. The monoisotopic (exact) mass is 200 g/mol. The Labute approximate surface area is 87.8 Å². The quantitative estimate of drug-likeness (QED) is 0.731. The Hall–Kier alpha value is -0.120. The first-order valence-electron chi connectivity index (χ1n) is 5.61. The molecule has 3 nitrogen and oxygen atoms in total. The van der Waals surface area contributed by atoms with Gasteiger partial charge in [-0.3, -0.25) is 0 Å². The summed E-state index contributed by atoms with van der Waals surface area (Å²) in [6, 6.07) is 0.498. The van der Waals surface area contributed by atoms with Crippen molar-refractivity contribution >= 4 is 0 Å². The highest BCUT2D eigenvalue weighted by atomic mass is 16.5. The van der Waals surface area contributed by atoms with E-state index in [9.17, 15) is 0 Å². The molecule has 1 heterocycles. The average Bonchev–Trinajstić information content (AvgIpc) is 2.14. The minimum atomic E-state index is 0.362. The van der Waals surface area contributed by atoms with Crippen molar-refractivity contribution in [2.24, 2.45) is 5.92 Å². The Morgan fingerprint density at radius 2 is 2.21 bits per heavy atom. The smallest absolute Gasteiger partial charge is 0.0855 e. The van der Waals surface area contributed by atoms with Gasteiger partial charge in [0.15, 0.2) is 0 Å². The third kappa shape index (κ3) is 3.56. The van der Waals surface area contributed by atoms with Gasteiger partial charge >= 0.3 is 0 Å². The summed E-state index contributed by atoms with van der Waals surface area (Å²) >= 11 is 0. The van der Waals surface area contributed by atoms with Crippen molar-refractivity contribution in [1.82, 2.24) is 10.2 Å². The SMILES string of the molecule is CNC(CC(C)C)C1CN(C)CCO1. The highest BCUT2D eigenvalue weighted by Crippen LogP contribution is 2.14. The summed E-state index contributed by atoms with van der Waals surface area (Å²) < 4.78 is 5.80. The minimum absolute atomic E-state index is 0.362. The molecule has 0 radical (unpaired) electrons. The summed E-state index contributed by atoms with van der Waals surface area (Å²) in [5.41, 5.74) is 0. The molecule has 1 saturated heterocycles. The summed E-state index contributed by atoms with van der Waals surface area (Å²) in [6.07, 6.45) is 1.55. The number of rotatable bonds is 4. The van der Waals surface area contributed by atoms with Gasteiger partial charge in [-0.05, 0) is 26.4 Å². The highest BCUT2D eigenvalue weighted by Gasteiger charge is 2.25. The first kappa shape index (κ1) is 12.0. The molecule has 84 valence electrons. The van der Waals surface area contributed by atoms with Crippen LogP contribution >= 0.6 is 0 Å². The first-order valence-corrected chi connectivity index (χ1v) is 5.61. The summed E-state index contributed by atoms with van der Waals surface area (Å²) in [5.74, 6) is 0.725. The Bertz CT molecular complexity index is 159. The van der Waals surface area contributed by atoms with Crippen molar-refractivity contribution in [2.45, 2.75) is 32.4 Å². The van der Waals surface area contributed by atoms with E-state index in [1.54, 1.807) is 0 Å². The van der Waals surface area contributed by atoms with Crippen molar-refractivity contribution in [2.75, 3.05) is 33.8 Å². The Morgan fingerprint density at radius 1 is 1.50 bits per heavy atom. The van der Waals surface area contributed by atoms with Crippen molar-refractivity contribution in [1.29, 1.82) is 0 Å². The van der Waals surface area contributed by atoms with Crippen LogP contribution in [-0.2, 0) is 4.74 Å². The second kappa shape index (κ2) is 5.69. The van der Waals surface area contributed by atoms with Crippen LogP contribution < -0.4 is 5.32 Å². The van der Waals surface area contributed by atoms with Crippen LogP contribution in [0.25, 0.3) is 0 Å². The molecule has 1 aliphatic heterocycles. The van der Waals surface area contributed by atoms with E-state index in [4.69, 9.17) is 4.74 Å². The largest absolute Gasteiger partial charge is 0.374 e. The third-order valence-electron chi connectivity index (χ3n) is 2.84. The maximum Gasteiger partial charge on any atom is 0.0855 e. The van der Waals surface area contributed by atoms with Gasteiger partial charge in [-0.2, -0.15) is 0 Å². The van der Waals surface area contributed by atoms with E-state index in [-0.39, 0.29) is 0 Å². The van der Waals surface area contributed by atoms with E-state index >= 15 is 0 Å². The number of ether oxygens (including phenoxy) is 1. The molecular formula is C11H24N2O. The number of nitrogens with one attached hydrogen (secondary N) is 1. The van der Waals surface area contributed by atoms with Gasteiger partial charge in [-0.1, -0.05) is 13.8 Å². The fourth-order valence-corrected chi connectivity index (χ4v) is 2.02. The van der Waals surface area contributed by atoms with E-state index in [1.807, 2.05) is 7.05 Å². The molecule has 2 atom stereocenters. The maximum atomic E-state index is 5.80. The number of hydrogen-bond acceptors (Lipinski definition) is 3. The molecule has 3 heteroatoms. The normalized spacial score (nSPS) is 26.8. The van der Waals surface area contributed by atoms with Crippen LogP contribution in [0.3, 0.4) is 0 Å². The topological polar surface area (TPSA) is 24.5 Å².